The molecule has 102 valence electrons. The van der Waals surface area contributed by atoms with Crippen LogP contribution in [0.2, 0.25) is 0 Å². The minimum Gasteiger partial charge on any atom is -0.356 e. The fourth-order valence-electron chi connectivity index (χ4n) is 2.78. The van der Waals surface area contributed by atoms with Crippen molar-refractivity contribution in [2.75, 3.05) is 18.0 Å². The Morgan fingerprint density at radius 1 is 1.47 bits per heavy atom. The van der Waals surface area contributed by atoms with E-state index in [1.165, 1.54) is 12.8 Å². The zero-order valence-electron chi connectivity index (χ0n) is 11.5. The SMILES string of the molecule is Cc1cc(N2CCCC(C(C)N)C2)n2ncnc2n1. The first-order valence-electron chi connectivity index (χ1n) is 6.83. The number of rotatable bonds is 2. The van der Waals surface area contributed by atoms with Gasteiger partial charge in [-0.1, -0.05) is 0 Å². The molecule has 0 aromatic carbocycles. The smallest absolute Gasteiger partial charge is 0.254 e. The van der Waals surface area contributed by atoms with Crippen molar-refractivity contribution in [1.29, 1.82) is 0 Å². The Morgan fingerprint density at radius 3 is 3.11 bits per heavy atom. The minimum absolute atomic E-state index is 0.233. The second kappa shape index (κ2) is 4.77. The molecular formula is C13H20N6. The molecule has 0 spiro atoms. The summed E-state index contributed by atoms with van der Waals surface area (Å²) in [5.41, 5.74) is 7.03. The maximum Gasteiger partial charge on any atom is 0.254 e. The Labute approximate surface area is 112 Å². The van der Waals surface area contributed by atoms with Gasteiger partial charge in [0.25, 0.3) is 5.78 Å². The molecule has 1 aliphatic heterocycles. The highest BCUT2D eigenvalue weighted by Crippen LogP contribution is 2.24. The van der Waals surface area contributed by atoms with E-state index in [2.05, 4.69) is 33.0 Å². The van der Waals surface area contributed by atoms with Crippen molar-refractivity contribution in [3.63, 3.8) is 0 Å². The van der Waals surface area contributed by atoms with Crippen LogP contribution in [-0.4, -0.2) is 38.7 Å². The van der Waals surface area contributed by atoms with Crippen molar-refractivity contribution < 1.29 is 0 Å². The number of nitrogens with two attached hydrogens (primary N) is 1. The van der Waals surface area contributed by atoms with Crippen molar-refractivity contribution in [3.8, 4) is 0 Å². The Kier molecular flexibility index (Phi) is 3.10. The summed E-state index contributed by atoms with van der Waals surface area (Å²) in [7, 11) is 0. The van der Waals surface area contributed by atoms with Gasteiger partial charge in [-0.2, -0.15) is 14.6 Å². The van der Waals surface area contributed by atoms with E-state index in [0.717, 1.165) is 24.6 Å². The number of piperidine rings is 1. The van der Waals surface area contributed by atoms with E-state index in [1.54, 1.807) is 6.33 Å². The average Bonchev–Trinajstić information content (AvgIpc) is 2.85. The van der Waals surface area contributed by atoms with Crippen LogP contribution >= 0.6 is 0 Å². The molecule has 2 atom stereocenters. The molecule has 2 N–H and O–H groups in total. The average molecular weight is 260 g/mol. The van der Waals surface area contributed by atoms with Crippen LogP contribution in [0.3, 0.4) is 0 Å². The summed E-state index contributed by atoms with van der Waals surface area (Å²) in [5.74, 6) is 2.28. The molecule has 1 fully saturated rings. The zero-order valence-corrected chi connectivity index (χ0v) is 11.5. The number of fused-ring (bicyclic) bond motifs is 1. The van der Waals surface area contributed by atoms with E-state index in [9.17, 15) is 0 Å². The second-order valence-electron chi connectivity index (χ2n) is 5.44. The fraction of sp³-hybridized carbons (Fsp3) is 0.615. The topological polar surface area (TPSA) is 72.3 Å². The van der Waals surface area contributed by atoms with Crippen molar-refractivity contribution in [3.05, 3.63) is 18.1 Å². The van der Waals surface area contributed by atoms with Gasteiger partial charge in [0.1, 0.15) is 12.1 Å². The van der Waals surface area contributed by atoms with Gasteiger partial charge >= 0.3 is 0 Å². The number of hydrogen-bond acceptors (Lipinski definition) is 5. The van der Waals surface area contributed by atoms with E-state index >= 15 is 0 Å². The molecule has 0 aliphatic carbocycles. The van der Waals surface area contributed by atoms with Crippen LogP contribution < -0.4 is 10.6 Å². The van der Waals surface area contributed by atoms with Crippen LogP contribution in [0.15, 0.2) is 12.4 Å². The summed E-state index contributed by atoms with van der Waals surface area (Å²) in [5, 5.41) is 4.27. The van der Waals surface area contributed by atoms with Crippen molar-refractivity contribution in [1.82, 2.24) is 19.6 Å². The van der Waals surface area contributed by atoms with Crippen LogP contribution in [0.5, 0.6) is 0 Å². The minimum atomic E-state index is 0.233. The zero-order chi connectivity index (χ0) is 13.4. The Bertz CT molecular complexity index is 576. The summed E-state index contributed by atoms with van der Waals surface area (Å²) in [6, 6.07) is 2.31. The van der Waals surface area contributed by atoms with E-state index in [0.29, 0.717) is 11.7 Å². The molecule has 1 saturated heterocycles. The third-order valence-corrected chi connectivity index (χ3v) is 3.89. The molecule has 0 radical (unpaired) electrons. The first-order valence-corrected chi connectivity index (χ1v) is 6.83. The van der Waals surface area contributed by atoms with Gasteiger partial charge in [-0.15, -0.1) is 0 Å². The lowest BCUT2D eigenvalue weighted by Gasteiger charge is -2.35. The van der Waals surface area contributed by atoms with Crippen molar-refractivity contribution in [2.24, 2.45) is 11.7 Å². The number of aryl methyl sites for hydroxylation is 1. The van der Waals surface area contributed by atoms with Crippen LogP contribution in [-0.2, 0) is 0 Å². The molecule has 19 heavy (non-hydrogen) atoms. The van der Waals surface area contributed by atoms with E-state index < -0.39 is 0 Å². The lowest BCUT2D eigenvalue weighted by Crippen LogP contribution is -2.43. The van der Waals surface area contributed by atoms with Gasteiger partial charge in [-0.05, 0) is 32.6 Å². The van der Waals surface area contributed by atoms with Gasteiger partial charge in [0.15, 0.2) is 0 Å². The van der Waals surface area contributed by atoms with Crippen LogP contribution in [0, 0.1) is 12.8 Å². The lowest BCUT2D eigenvalue weighted by molar-refractivity contribution is 0.362. The summed E-state index contributed by atoms with van der Waals surface area (Å²) >= 11 is 0. The Hall–Kier alpha value is -1.69. The maximum atomic E-state index is 6.06. The van der Waals surface area contributed by atoms with Crippen molar-refractivity contribution in [2.45, 2.75) is 32.7 Å². The van der Waals surface area contributed by atoms with Gasteiger partial charge in [0.2, 0.25) is 0 Å². The molecule has 6 heteroatoms. The summed E-state index contributed by atoms with van der Waals surface area (Å²) < 4.78 is 1.82. The molecular weight excluding hydrogens is 240 g/mol. The van der Waals surface area contributed by atoms with Gasteiger partial charge < -0.3 is 10.6 Å². The predicted octanol–water partition coefficient (Wildman–Crippen LogP) is 0.996. The molecule has 1 aliphatic rings. The van der Waals surface area contributed by atoms with Crippen LogP contribution in [0.25, 0.3) is 5.78 Å². The summed E-state index contributed by atoms with van der Waals surface area (Å²) in [6.45, 7) is 6.11. The Morgan fingerprint density at radius 2 is 2.32 bits per heavy atom. The van der Waals surface area contributed by atoms with Crippen LogP contribution in [0.1, 0.15) is 25.5 Å². The van der Waals surface area contributed by atoms with Gasteiger partial charge in [-0.25, -0.2) is 4.98 Å². The van der Waals surface area contributed by atoms with Gasteiger partial charge in [0, 0.05) is 30.9 Å². The molecule has 3 rings (SSSR count). The maximum absolute atomic E-state index is 6.06. The first-order chi connectivity index (χ1) is 9.15. The second-order valence-corrected chi connectivity index (χ2v) is 5.44. The summed E-state index contributed by atoms with van der Waals surface area (Å²) in [6.07, 6.45) is 3.93. The predicted molar refractivity (Wildman–Crippen MR) is 74.1 cm³/mol. The highest BCUT2D eigenvalue weighted by atomic mass is 15.4. The third-order valence-electron chi connectivity index (χ3n) is 3.89. The quantitative estimate of drug-likeness (QED) is 0.872. The molecule has 2 unspecified atom stereocenters. The monoisotopic (exact) mass is 260 g/mol. The highest BCUT2D eigenvalue weighted by molar-refractivity contribution is 5.47. The Balaban J connectivity index is 1.97. The molecule has 6 nitrogen and oxygen atoms in total. The molecule has 2 aromatic rings. The number of hydrogen-bond donors (Lipinski definition) is 1. The number of anilines is 1. The van der Waals surface area contributed by atoms with E-state index in [1.807, 2.05) is 11.4 Å². The molecule has 0 amide bonds. The number of aromatic nitrogens is 4. The van der Waals surface area contributed by atoms with Gasteiger partial charge in [-0.3, -0.25) is 0 Å². The molecule has 2 aromatic heterocycles. The van der Waals surface area contributed by atoms with Crippen molar-refractivity contribution >= 4 is 11.6 Å². The normalized spacial score (nSPS) is 21.8. The molecule has 0 bridgehead atoms. The largest absolute Gasteiger partial charge is 0.356 e. The van der Waals surface area contributed by atoms with Gasteiger partial charge in [0.05, 0.1) is 0 Å². The third kappa shape index (κ3) is 2.28. The molecule has 3 heterocycles. The number of nitrogens with zero attached hydrogens (tertiary/aromatic N) is 5. The standard InChI is InChI=1S/C13H20N6/c1-9-6-12(19-13(17-9)15-8-16-19)18-5-3-4-11(7-18)10(2)14/h6,8,10-11H,3-5,7,14H2,1-2H3. The van der Waals surface area contributed by atoms with E-state index in [4.69, 9.17) is 5.73 Å². The lowest BCUT2D eigenvalue weighted by atomic mass is 9.92. The highest BCUT2D eigenvalue weighted by Gasteiger charge is 2.24. The van der Waals surface area contributed by atoms with E-state index in [-0.39, 0.29) is 6.04 Å². The summed E-state index contributed by atoms with van der Waals surface area (Å²) in [4.78, 5) is 10.9. The first kappa shape index (κ1) is 12.3. The molecule has 0 saturated carbocycles. The van der Waals surface area contributed by atoms with Crippen LogP contribution in [0.4, 0.5) is 5.82 Å². The fourth-order valence-corrected chi connectivity index (χ4v) is 2.78.